The Hall–Kier alpha value is -1.48. The summed E-state index contributed by atoms with van der Waals surface area (Å²) in [5.41, 5.74) is 2.31. The van der Waals surface area contributed by atoms with Gasteiger partial charge >= 0.3 is 0 Å². The molecule has 0 aromatic heterocycles. The van der Waals surface area contributed by atoms with E-state index in [0.717, 1.165) is 24.3 Å². The molecule has 100 valence electrons. The Kier molecular flexibility index (Phi) is 2.12. The lowest BCUT2D eigenvalue weighted by Crippen LogP contribution is -2.51. The molecule has 1 aliphatic heterocycles. The van der Waals surface area contributed by atoms with Gasteiger partial charge in [-0.15, -0.1) is 0 Å². The zero-order valence-electron chi connectivity index (χ0n) is 11.2. The van der Waals surface area contributed by atoms with Crippen LogP contribution in [-0.4, -0.2) is 24.4 Å². The van der Waals surface area contributed by atoms with E-state index in [1.807, 2.05) is 6.07 Å². The van der Waals surface area contributed by atoms with E-state index >= 15 is 0 Å². The van der Waals surface area contributed by atoms with Crippen LogP contribution in [0.3, 0.4) is 0 Å². The molecule has 0 radical (unpaired) electrons. The predicted molar refractivity (Wildman–Crippen MR) is 72.5 cm³/mol. The van der Waals surface area contributed by atoms with Crippen molar-refractivity contribution in [3.8, 4) is 11.5 Å². The molecule has 19 heavy (non-hydrogen) atoms. The lowest BCUT2D eigenvalue weighted by molar-refractivity contribution is -0.00913. The molecule has 4 atom stereocenters. The fraction of sp³-hybridized carbons (Fsp3) is 0.500. The summed E-state index contributed by atoms with van der Waals surface area (Å²) in [7, 11) is 1.68. The third kappa shape index (κ3) is 1.22. The van der Waals surface area contributed by atoms with Crippen LogP contribution < -0.4 is 9.47 Å². The highest BCUT2D eigenvalue weighted by molar-refractivity contribution is 5.70. The van der Waals surface area contributed by atoms with Gasteiger partial charge < -0.3 is 14.6 Å². The van der Waals surface area contributed by atoms with Gasteiger partial charge in [-0.25, -0.2) is 0 Å². The van der Waals surface area contributed by atoms with Crippen molar-refractivity contribution < 1.29 is 14.6 Å². The maximum atomic E-state index is 10.3. The van der Waals surface area contributed by atoms with Crippen LogP contribution >= 0.6 is 0 Å². The van der Waals surface area contributed by atoms with Crippen LogP contribution in [0.2, 0.25) is 0 Å². The van der Waals surface area contributed by atoms with E-state index in [4.69, 9.17) is 9.47 Å². The Morgan fingerprint density at radius 3 is 3.00 bits per heavy atom. The zero-order chi connectivity index (χ0) is 13.2. The van der Waals surface area contributed by atoms with Crippen LogP contribution in [0.25, 0.3) is 6.08 Å². The molecule has 0 spiro atoms. The second-order valence-corrected chi connectivity index (χ2v) is 5.98. The van der Waals surface area contributed by atoms with E-state index in [0.29, 0.717) is 0 Å². The molecule has 1 saturated carbocycles. The van der Waals surface area contributed by atoms with E-state index in [1.54, 1.807) is 7.11 Å². The molecule has 1 aromatic rings. The van der Waals surface area contributed by atoms with Crippen molar-refractivity contribution in [3.63, 3.8) is 0 Å². The normalized spacial score (nSPS) is 37.7. The predicted octanol–water partition coefficient (Wildman–Crippen LogP) is 2.51. The Morgan fingerprint density at radius 1 is 1.37 bits per heavy atom. The molecule has 1 N–H and O–H groups in total. The number of hydrogen-bond acceptors (Lipinski definition) is 3. The lowest BCUT2D eigenvalue weighted by atomic mass is 9.59. The smallest absolute Gasteiger partial charge is 0.166 e. The molecule has 3 heteroatoms. The highest BCUT2D eigenvalue weighted by atomic mass is 16.5. The molecular formula is C16H18O3. The van der Waals surface area contributed by atoms with E-state index < -0.39 is 0 Å². The number of rotatable bonds is 1. The van der Waals surface area contributed by atoms with Gasteiger partial charge in [0.05, 0.1) is 13.2 Å². The standard InChI is InChI=1S/C16H18O3/c1-16-10-5-3-9-4-7-12(18-2)15(14(9)16)19-13(16)8-6-11(10)17/h3-5,7,10-11,13,17H,6,8H2,1-2H3/t10-,11?,13+,16-/m1/s1. The highest BCUT2D eigenvalue weighted by Gasteiger charge is 2.57. The molecule has 0 amide bonds. The van der Waals surface area contributed by atoms with E-state index in [2.05, 4.69) is 25.1 Å². The first-order valence-corrected chi connectivity index (χ1v) is 6.90. The van der Waals surface area contributed by atoms with Crippen LogP contribution in [0.5, 0.6) is 11.5 Å². The maximum absolute atomic E-state index is 10.3. The van der Waals surface area contributed by atoms with Crippen molar-refractivity contribution in [2.45, 2.75) is 37.4 Å². The van der Waals surface area contributed by atoms with Crippen LogP contribution in [0, 0.1) is 5.92 Å². The fourth-order valence-electron chi connectivity index (χ4n) is 4.15. The molecule has 3 nitrogen and oxygen atoms in total. The first kappa shape index (κ1) is 11.4. The summed E-state index contributed by atoms with van der Waals surface area (Å²) in [5.74, 6) is 1.83. The van der Waals surface area contributed by atoms with Gasteiger partial charge in [0.25, 0.3) is 0 Å². The molecule has 0 bridgehead atoms. The van der Waals surface area contributed by atoms with Gasteiger partial charge in [-0.2, -0.15) is 0 Å². The average molecular weight is 258 g/mol. The minimum absolute atomic E-state index is 0.119. The molecule has 4 rings (SSSR count). The fourth-order valence-corrected chi connectivity index (χ4v) is 4.15. The zero-order valence-corrected chi connectivity index (χ0v) is 11.2. The van der Waals surface area contributed by atoms with Gasteiger partial charge in [-0.05, 0) is 24.5 Å². The Morgan fingerprint density at radius 2 is 2.21 bits per heavy atom. The highest BCUT2D eigenvalue weighted by Crippen LogP contribution is 2.59. The van der Waals surface area contributed by atoms with Gasteiger partial charge in [0.1, 0.15) is 6.10 Å². The van der Waals surface area contributed by atoms with Gasteiger partial charge in [0.2, 0.25) is 0 Å². The van der Waals surface area contributed by atoms with Gasteiger partial charge in [-0.1, -0.05) is 25.1 Å². The largest absolute Gasteiger partial charge is 0.493 e. The second kappa shape index (κ2) is 3.54. The van der Waals surface area contributed by atoms with Gasteiger partial charge in [-0.3, -0.25) is 0 Å². The molecule has 0 saturated heterocycles. The minimum atomic E-state index is -0.272. The van der Waals surface area contributed by atoms with Crippen molar-refractivity contribution in [1.82, 2.24) is 0 Å². The number of hydrogen-bond donors (Lipinski definition) is 1. The summed E-state index contributed by atoms with van der Waals surface area (Å²) >= 11 is 0. The van der Waals surface area contributed by atoms with Crippen LogP contribution in [0.15, 0.2) is 18.2 Å². The summed E-state index contributed by atoms with van der Waals surface area (Å²) in [6.07, 6.45) is 5.86. The summed E-state index contributed by atoms with van der Waals surface area (Å²) in [5, 5.41) is 10.3. The third-order valence-corrected chi connectivity index (χ3v) is 5.16. The lowest BCUT2D eigenvalue weighted by Gasteiger charge is -2.45. The molecule has 1 fully saturated rings. The third-order valence-electron chi connectivity index (χ3n) is 5.16. The van der Waals surface area contributed by atoms with Gasteiger partial charge in [0, 0.05) is 16.9 Å². The number of methoxy groups -OCH3 is 1. The first-order chi connectivity index (χ1) is 9.16. The number of ether oxygens (including phenoxy) is 2. The topological polar surface area (TPSA) is 38.7 Å². The van der Waals surface area contributed by atoms with Crippen molar-refractivity contribution in [3.05, 3.63) is 29.3 Å². The Labute approximate surface area is 112 Å². The van der Waals surface area contributed by atoms with Crippen molar-refractivity contribution in [2.24, 2.45) is 5.92 Å². The Balaban J connectivity index is 2.00. The molecule has 1 heterocycles. The summed E-state index contributed by atoms with van der Waals surface area (Å²) < 4.78 is 11.6. The summed E-state index contributed by atoms with van der Waals surface area (Å²) in [6, 6.07) is 4.05. The van der Waals surface area contributed by atoms with Crippen molar-refractivity contribution in [2.75, 3.05) is 7.11 Å². The monoisotopic (exact) mass is 258 g/mol. The molecule has 2 aliphatic carbocycles. The molecule has 1 aromatic carbocycles. The van der Waals surface area contributed by atoms with Crippen molar-refractivity contribution in [1.29, 1.82) is 0 Å². The van der Waals surface area contributed by atoms with E-state index in [-0.39, 0.29) is 23.5 Å². The maximum Gasteiger partial charge on any atom is 0.166 e. The van der Waals surface area contributed by atoms with Crippen molar-refractivity contribution >= 4 is 6.08 Å². The molecule has 1 unspecified atom stereocenters. The van der Waals surface area contributed by atoms with Crippen LogP contribution in [0.1, 0.15) is 30.9 Å². The van der Waals surface area contributed by atoms with E-state index in [1.165, 1.54) is 11.1 Å². The number of benzene rings is 1. The second-order valence-electron chi connectivity index (χ2n) is 5.98. The van der Waals surface area contributed by atoms with Crippen LogP contribution in [0.4, 0.5) is 0 Å². The summed E-state index contributed by atoms with van der Waals surface area (Å²) in [6.45, 7) is 2.23. The minimum Gasteiger partial charge on any atom is -0.493 e. The molecule has 3 aliphatic rings. The van der Waals surface area contributed by atoms with Crippen LogP contribution in [-0.2, 0) is 5.41 Å². The number of aliphatic hydroxyl groups is 1. The summed E-state index contributed by atoms with van der Waals surface area (Å²) in [4.78, 5) is 0. The molecular weight excluding hydrogens is 240 g/mol. The first-order valence-electron chi connectivity index (χ1n) is 6.90. The average Bonchev–Trinajstić information content (AvgIpc) is 2.72. The SMILES string of the molecule is COc1ccc2c3c1O[C@H]1CCC(O)[C@@H](C=C2)[C@@]31C. The van der Waals surface area contributed by atoms with Gasteiger partial charge in [0.15, 0.2) is 11.5 Å². The van der Waals surface area contributed by atoms with E-state index in [9.17, 15) is 5.11 Å². The quantitative estimate of drug-likeness (QED) is 0.841. The Bertz CT molecular complexity index is 578. The number of aliphatic hydroxyl groups excluding tert-OH is 1.